The summed E-state index contributed by atoms with van der Waals surface area (Å²) in [7, 11) is 0. The first-order valence-electron chi connectivity index (χ1n) is 7.02. The van der Waals surface area contributed by atoms with Crippen LogP contribution in [0.15, 0.2) is 12.3 Å². The van der Waals surface area contributed by atoms with Crippen molar-refractivity contribution in [3.05, 3.63) is 29.6 Å². The third kappa shape index (κ3) is 3.73. The lowest BCUT2D eigenvalue weighted by Gasteiger charge is -2.22. The maximum atomic E-state index is 13.7. The Labute approximate surface area is 131 Å². The summed E-state index contributed by atoms with van der Waals surface area (Å²) in [5.74, 6) is -2.09. The van der Waals surface area contributed by atoms with Crippen LogP contribution in [0.4, 0.5) is 8.78 Å². The van der Waals surface area contributed by atoms with Crippen LogP contribution in [0.25, 0.3) is 0 Å². The summed E-state index contributed by atoms with van der Waals surface area (Å²) in [5, 5.41) is 2.77. The van der Waals surface area contributed by atoms with Crippen molar-refractivity contribution in [2.75, 3.05) is 18.2 Å². The largest absolute Gasteiger partial charge is 0.354 e. The van der Waals surface area contributed by atoms with Gasteiger partial charge in [-0.05, 0) is 6.42 Å². The normalized spacial score (nSPS) is 17.6. The molecule has 5 nitrogen and oxygen atoms in total. The number of amides is 2. The number of pyridine rings is 1. The zero-order valence-corrected chi connectivity index (χ0v) is 13.0. The first kappa shape index (κ1) is 16.7. The van der Waals surface area contributed by atoms with Gasteiger partial charge in [0, 0.05) is 18.4 Å². The number of nitrogens with zero attached hydrogens (tertiary/aromatic N) is 2. The summed E-state index contributed by atoms with van der Waals surface area (Å²) < 4.78 is 26.5. The van der Waals surface area contributed by atoms with E-state index in [2.05, 4.69) is 10.3 Å². The summed E-state index contributed by atoms with van der Waals surface area (Å²) in [6.07, 6.45) is 2.59. The molecule has 1 fully saturated rings. The lowest BCUT2D eigenvalue weighted by Crippen LogP contribution is -2.47. The first-order chi connectivity index (χ1) is 10.5. The molecule has 1 atom stereocenters. The number of aromatic nitrogens is 1. The van der Waals surface area contributed by atoms with E-state index in [4.69, 9.17) is 0 Å². The van der Waals surface area contributed by atoms with Crippen LogP contribution in [-0.2, 0) is 4.79 Å². The van der Waals surface area contributed by atoms with Crippen LogP contribution in [-0.4, -0.2) is 45.9 Å². The molecule has 0 unspecified atom stereocenters. The predicted octanol–water partition coefficient (Wildman–Crippen LogP) is 1.79. The molecule has 120 valence electrons. The number of carbonyl (C=O) groups excluding carboxylic acids is 2. The van der Waals surface area contributed by atoms with Crippen molar-refractivity contribution in [1.29, 1.82) is 0 Å². The van der Waals surface area contributed by atoms with Crippen LogP contribution in [0.5, 0.6) is 0 Å². The lowest BCUT2D eigenvalue weighted by molar-refractivity contribution is -0.124. The third-order valence-electron chi connectivity index (χ3n) is 3.29. The Morgan fingerprint density at radius 1 is 1.50 bits per heavy atom. The molecule has 0 saturated carbocycles. The van der Waals surface area contributed by atoms with Gasteiger partial charge in [-0.15, -0.1) is 11.8 Å². The van der Waals surface area contributed by atoms with E-state index in [1.165, 1.54) is 16.7 Å². The summed E-state index contributed by atoms with van der Waals surface area (Å²) in [4.78, 5) is 29.2. The molecular formula is C14H17F2N3O2S. The van der Waals surface area contributed by atoms with Crippen molar-refractivity contribution in [2.24, 2.45) is 0 Å². The Morgan fingerprint density at radius 3 is 2.95 bits per heavy atom. The predicted molar refractivity (Wildman–Crippen MR) is 79.4 cm³/mol. The van der Waals surface area contributed by atoms with Gasteiger partial charge >= 0.3 is 0 Å². The van der Waals surface area contributed by atoms with Gasteiger partial charge in [0.05, 0.1) is 12.1 Å². The SMILES string of the molecule is CCCCNC(=O)[C@H]1CSCN1C(=O)c1ncc(F)cc1F. The second-order valence-corrected chi connectivity index (χ2v) is 5.92. The highest BCUT2D eigenvalue weighted by Crippen LogP contribution is 2.23. The van der Waals surface area contributed by atoms with Gasteiger partial charge in [0.2, 0.25) is 5.91 Å². The number of hydrogen-bond donors (Lipinski definition) is 1. The third-order valence-corrected chi connectivity index (χ3v) is 4.30. The second-order valence-electron chi connectivity index (χ2n) is 4.92. The standard InChI is InChI=1S/C14H17F2N3O2S/c1-2-3-4-17-13(20)11-7-22-8-19(11)14(21)12-10(16)5-9(15)6-18-12/h5-6,11H,2-4,7-8H2,1H3,(H,17,20)/t11-/m1/s1. The topological polar surface area (TPSA) is 62.3 Å². The van der Waals surface area contributed by atoms with Crippen molar-refractivity contribution in [2.45, 2.75) is 25.8 Å². The maximum absolute atomic E-state index is 13.7. The second kappa shape index (κ2) is 7.53. The molecule has 2 amide bonds. The van der Waals surface area contributed by atoms with Crippen LogP contribution in [0, 0.1) is 11.6 Å². The van der Waals surface area contributed by atoms with Gasteiger partial charge in [-0.2, -0.15) is 0 Å². The van der Waals surface area contributed by atoms with E-state index in [0.717, 1.165) is 19.0 Å². The van der Waals surface area contributed by atoms with E-state index in [-0.39, 0.29) is 11.8 Å². The highest BCUT2D eigenvalue weighted by Gasteiger charge is 2.36. The van der Waals surface area contributed by atoms with Crippen LogP contribution in [0.3, 0.4) is 0 Å². The van der Waals surface area contributed by atoms with Crippen LogP contribution >= 0.6 is 11.8 Å². The molecule has 1 N–H and O–H groups in total. The molecule has 0 spiro atoms. The smallest absolute Gasteiger partial charge is 0.276 e. The Balaban J connectivity index is 2.09. The summed E-state index contributed by atoms with van der Waals surface area (Å²) in [6, 6.07) is -0.0413. The van der Waals surface area contributed by atoms with E-state index in [0.29, 0.717) is 18.4 Å². The van der Waals surface area contributed by atoms with Gasteiger partial charge in [0.1, 0.15) is 11.9 Å². The molecule has 22 heavy (non-hydrogen) atoms. The molecule has 0 radical (unpaired) electrons. The number of rotatable bonds is 5. The number of nitrogens with one attached hydrogen (secondary N) is 1. The molecule has 1 aliphatic heterocycles. The highest BCUT2D eigenvalue weighted by molar-refractivity contribution is 7.99. The van der Waals surface area contributed by atoms with Crippen molar-refractivity contribution >= 4 is 23.6 Å². The summed E-state index contributed by atoms with van der Waals surface area (Å²) >= 11 is 1.41. The molecular weight excluding hydrogens is 312 g/mol. The Kier molecular flexibility index (Phi) is 5.70. The minimum atomic E-state index is -1.02. The average Bonchev–Trinajstić information content (AvgIpc) is 2.96. The number of carbonyl (C=O) groups is 2. The van der Waals surface area contributed by atoms with Crippen LogP contribution in [0.1, 0.15) is 30.3 Å². The van der Waals surface area contributed by atoms with Crippen LogP contribution < -0.4 is 5.32 Å². The number of unbranched alkanes of at least 4 members (excludes halogenated alkanes) is 1. The van der Waals surface area contributed by atoms with Gasteiger partial charge in [-0.1, -0.05) is 13.3 Å². The monoisotopic (exact) mass is 329 g/mol. The Morgan fingerprint density at radius 2 is 2.27 bits per heavy atom. The van der Waals surface area contributed by atoms with E-state index in [1.807, 2.05) is 6.92 Å². The fourth-order valence-electron chi connectivity index (χ4n) is 2.07. The average molecular weight is 329 g/mol. The Hall–Kier alpha value is -1.70. The number of halogens is 2. The fourth-order valence-corrected chi connectivity index (χ4v) is 3.23. The van der Waals surface area contributed by atoms with Gasteiger partial charge in [0.25, 0.3) is 5.91 Å². The zero-order chi connectivity index (χ0) is 16.1. The minimum absolute atomic E-state index is 0.255. The molecule has 1 saturated heterocycles. The Bertz CT molecular complexity index is 571. The maximum Gasteiger partial charge on any atom is 0.276 e. The fraction of sp³-hybridized carbons (Fsp3) is 0.500. The summed E-state index contributed by atoms with van der Waals surface area (Å²) in [6.45, 7) is 2.55. The molecule has 1 aromatic heterocycles. The molecule has 0 aliphatic carbocycles. The van der Waals surface area contributed by atoms with Crippen molar-refractivity contribution in [1.82, 2.24) is 15.2 Å². The van der Waals surface area contributed by atoms with Crippen molar-refractivity contribution in [3.63, 3.8) is 0 Å². The van der Waals surface area contributed by atoms with E-state index in [1.54, 1.807) is 0 Å². The molecule has 1 aromatic rings. The molecule has 0 aromatic carbocycles. The molecule has 8 heteroatoms. The van der Waals surface area contributed by atoms with Gasteiger partial charge in [-0.25, -0.2) is 13.8 Å². The quantitative estimate of drug-likeness (QED) is 0.837. The van der Waals surface area contributed by atoms with Crippen molar-refractivity contribution in [3.8, 4) is 0 Å². The number of thioether (sulfide) groups is 1. The molecule has 2 rings (SSSR count). The minimum Gasteiger partial charge on any atom is -0.354 e. The number of hydrogen-bond acceptors (Lipinski definition) is 4. The molecule has 1 aliphatic rings. The van der Waals surface area contributed by atoms with E-state index >= 15 is 0 Å². The zero-order valence-electron chi connectivity index (χ0n) is 12.1. The van der Waals surface area contributed by atoms with Gasteiger partial charge < -0.3 is 10.2 Å². The van der Waals surface area contributed by atoms with Crippen molar-refractivity contribution < 1.29 is 18.4 Å². The first-order valence-corrected chi connectivity index (χ1v) is 8.17. The highest BCUT2D eigenvalue weighted by atomic mass is 32.2. The summed E-state index contributed by atoms with van der Waals surface area (Å²) in [5.41, 5.74) is -0.463. The van der Waals surface area contributed by atoms with Crippen LogP contribution in [0.2, 0.25) is 0 Å². The molecule has 0 bridgehead atoms. The van der Waals surface area contributed by atoms with E-state index < -0.39 is 29.3 Å². The lowest BCUT2D eigenvalue weighted by atomic mass is 10.2. The van der Waals surface area contributed by atoms with Gasteiger partial charge in [-0.3, -0.25) is 9.59 Å². The van der Waals surface area contributed by atoms with Gasteiger partial charge in [0.15, 0.2) is 11.5 Å². The van der Waals surface area contributed by atoms with E-state index in [9.17, 15) is 18.4 Å². The molecule has 2 heterocycles.